The van der Waals surface area contributed by atoms with Crippen molar-refractivity contribution in [2.75, 3.05) is 0 Å². The summed E-state index contributed by atoms with van der Waals surface area (Å²) in [5.41, 5.74) is 3.75. The molecular formula is C17H20O. The van der Waals surface area contributed by atoms with E-state index in [9.17, 15) is 0 Å². The molecule has 0 fully saturated rings. The molecule has 0 atom stereocenters. The van der Waals surface area contributed by atoms with E-state index in [1.807, 2.05) is 12.1 Å². The Morgan fingerprint density at radius 3 is 2.28 bits per heavy atom. The van der Waals surface area contributed by atoms with Gasteiger partial charge in [-0.15, -0.1) is 0 Å². The van der Waals surface area contributed by atoms with Crippen LogP contribution in [0.15, 0.2) is 48.5 Å². The monoisotopic (exact) mass is 240 g/mol. The van der Waals surface area contributed by atoms with Crippen LogP contribution >= 0.6 is 0 Å². The van der Waals surface area contributed by atoms with Crippen molar-refractivity contribution in [3.05, 3.63) is 65.2 Å². The summed E-state index contributed by atoms with van der Waals surface area (Å²) < 4.78 is 5.92. The molecule has 0 aliphatic carbocycles. The molecule has 0 heterocycles. The Hall–Kier alpha value is -1.76. The second-order valence-corrected chi connectivity index (χ2v) is 4.97. The molecule has 94 valence electrons. The topological polar surface area (TPSA) is 9.23 Å². The van der Waals surface area contributed by atoms with E-state index in [1.54, 1.807) is 0 Å². The summed E-state index contributed by atoms with van der Waals surface area (Å²) in [4.78, 5) is 0. The third-order valence-corrected chi connectivity index (χ3v) is 3.06. The lowest BCUT2D eigenvalue weighted by Crippen LogP contribution is -1.99. The molecule has 1 heteroatoms. The van der Waals surface area contributed by atoms with Crippen molar-refractivity contribution in [2.24, 2.45) is 0 Å². The van der Waals surface area contributed by atoms with Crippen molar-refractivity contribution in [3.63, 3.8) is 0 Å². The predicted molar refractivity (Wildman–Crippen MR) is 76.0 cm³/mol. The first-order chi connectivity index (χ1) is 8.66. The van der Waals surface area contributed by atoms with E-state index in [-0.39, 0.29) is 0 Å². The highest BCUT2D eigenvalue weighted by Gasteiger charge is 2.06. The van der Waals surface area contributed by atoms with Gasteiger partial charge < -0.3 is 4.74 Å². The standard InChI is InChI=1S/C17H20O/c1-13(2)16-6-4-5-7-17(16)18-12-15-10-8-14(3)9-11-15/h4-11,13H,12H2,1-3H3. The molecule has 0 aromatic heterocycles. The van der Waals surface area contributed by atoms with Crippen molar-refractivity contribution in [2.45, 2.75) is 33.3 Å². The van der Waals surface area contributed by atoms with Gasteiger partial charge in [0.2, 0.25) is 0 Å². The lowest BCUT2D eigenvalue weighted by atomic mass is 10.0. The molecule has 18 heavy (non-hydrogen) atoms. The van der Waals surface area contributed by atoms with Crippen LogP contribution in [0.3, 0.4) is 0 Å². The van der Waals surface area contributed by atoms with Gasteiger partial charge in [0.15, 0.2) is 0 Å². The van der Waals surface area contributed by atoms with Crippen LogP contribution in [0, 0.1) is 6.92 Å². The predicted octanol–water partition coefficient (Wildman–Crippen LogP) is 4.70. The van der Waals surface area contributed by atoms with E-state index in [0.29, 0.717) is 12.5 Å². The Balaban J connectivity index is 2.08. The number of rotatable bonds is 4. The third kappa shape index (κ3) is 3.13. The van der Waals surface area contributed by atoms with Crippen LogP contribution < -0.4 is 4.74 Å². The van der Waals surface area contributed by atoms with E-state index in [0.717, 1.165) is 5.75 Å². The van der Waals surface area contributed by atoms with Gasteiger partial charge in [-0.2, -0.15) is 0 Å². The van der Waals surface area contributed by atoms with Gasteiger partial charge in [0.25, 0.3) is 0 Å². The van der Waals surface area contributed by atoms with Gasteiger partial charge in [-0.1, -0.05) is 61.9 Å². The second-order valence-electron chi connectivity index (χ2n) is 4.97. The smallest absolute Gasteiger partial charge is 0.123 e. The lowest BCUT2D eigenvalue weighted by molar-refractivity contribution is 0.302. The van der Waals surface area contributed by atoms with Crippen LogP contribution in [0.5, 0.6) is 5.75 Å². The Labute approximate surface area is 109 Å². The molecular weight excluding hydrogens is 220 g/mol. The highest BCUT2D eigenvalue weighted by atomic mass is 16.5. The Kier molecular flexibility index (Phi) is 4.03. The van der Waals surface area contributed by atoms with Gasteiger partial charge in [0.1, 0.15) is 12.4 Å². The van der Waals surface area contributed by atoms with Crippen molar-refractivity contribution < 1.29 is 4.74 Å². The van der Waals surface area contributed by atoms with Crippen LogP contribution in [0.1, 0.15) is 36.5 Å². The van der Waals surface area contributed by atoms with Gasteiger partial charge in [-0.05, 0) is 30.0 Å². The SMILES string of the molecule is Cc1ccc(COc2ccccc2C(C)C)cc1. The molecule has 0 bridgehead atoms. The van der Waals surface area contributed by atoms with Crippen LogP contribution in [0.2, 0.25) is 0 Å². The van der Waals surface area contributed by atoms with E-state index in [1.165, 1.54) is 16.7 Å². The van der Waals surface area contributed by atoms with Crippen molar-refractivity contribution in [1.82, 2.24) is 0 Å². The molecule has 0 aliphatic rings. The maximum atomic E-state index is 5.92. The van der Waals surface area contributed by atoms with Crippen LogP contribution in [-0.4, -0.2) is 0 Å². The number of aryl methyl sites for hydroxylation is 1. The first-order valence-electron chi connectivity index (χ1n) is 6.44. The minimum atomic E-state index is 0.485. The molecule has 0 saturated carbocycles. The summed E-state index contributed by atoms with van der Waals surface area (Å²) in [5.74, 6) is 1.48. The fourth-order valence-corrected chi connectivity index (χ4v) is 1.93. The summed E-state index contributed by atoms with van der Waals surface area (Å²) in [6.07, 6.45) is 0. The Morgan fingerprint density at radius 2 is 1.61 bits per heavy atom. The molecule has 2 rings (SSSR count). The molecule has 0 aliphatic heterocycles. The first-order valence-corrected chi connectivity index (χ1v) is 6.44. The molecule has 1 nitrogen and oxygen atoms in total. The number of benzene rings is 2. The maximum Gasteiger partial charge on any atom is 0.123 e. The van der Waals surface area contributed by atoms with Gasteiger partial charge in [-0.3, -0.25) is 0 Å². The number of para-hydroxylation sites is 1. The highest BCUT2D eigenvalue weighted by Crippen LogP contribution is 2.26. The van der Waals surface area contributed by atoms with Crippen molar-refractivity contribution >= 4 is 0 Å². The zero-order valence-corrected chi connectivity index (χ0v) is 11.3. The summed E-state index contributed by atoms with van der Waals surface area (Å²) in [6, 6.07) is 16.7. The number of hydrogen-bond donors (Lipinski definition) is 0. The van der Waals surface area contributed by atoms with Gasteiger partial charge in [0.05, 0.1) is 0 Å². The zero-order valence-electron chi connectivity index (χ0n) is 11.3. The summed E-state index contributed by atoms with van der Waals surface area (Å²) >= 11 is 0. The Bertz CT molecular complexity index is 497. The van der Waals surface area contributed by atoms with E-state index in [4.69, 9.17) is 4.74 Å². The molecule has 2 aromatic rings. The summed E-state index contributed by atoms with van der Waals surface area (Å²) in [6.45, 7) is 7.10. The van der Waals surface area contributed by atoms with Crippen LogP contribution in [0.4, 0.5) is 0 Å². The van der Waals surface area contributed by atoms with E-state index in [2.05, 4.69) is 57.2 Å². The van der Waals surface area contributed by atoms with Crippen LogP contribution in [0.25, 0.3) is 0 Å². The quantitative estimate of drug-likeness (QED) is 0.752. The minimum Gasteiger partial charge on any atom is -0.489 e. The fraction of sp³-hybridized carbons (Fsp3) is 0.294. The fourth-order valence-electron chi connectivity index (χ4n) is 1.93. The average molecular weight is 240 g/mol. The zero-order chi connectivity index (χ0) is 13.0. The maximum absolute atomic E-state index is 5.92. The van der Waals surface area contributed by atoms with Crippen molar-refractivity contribution in [3.8, 4) is 5.75 Å². The molecule has 2 aromatic carbocycles. The highest BCUT2D eigenvalue weighted by molar-refractivity contribution is 5.35. The normalized spacial score (nSPS) is 10.7. The largest absolute Gasteiger partial charge is 0.489 e. The summed E-state index contributed by atoms with van der Waals surface area (Å²) in [5, 5.41) is 0. The van der Waals surface area contributed by atoms with Gasteiger partial charge >= 0.3 is 0 Å². The van der Waals surface area contributed by atoms with E-state index < -0.39 is 0 Å². The molecule has 0 saturated heterocycles. The third-order valence-electron chi connectivity index (χ3n) is 3.06. The molecule has 0 amide bonds. The number of ether oxygens (including phenoxy) is 1. The molecule has 0 radical (unpaired) electrons. The summed E-state index contributed by atoms with van der Waals surface area (Å²) in [7, 11) is 0. The van der Waals surface area contributed by atoms with E-state index >= 15 is 0 Å². The molecule has 0 N–H and O–H groups in total. The molecule has 0 unspecified atom stereocenters. The Morgan fingerprint density at radius 1 is 0.944 bits per heavy atom. The first kappa shape index (κ1) is 12.7. The van der Waals surface area contributed by atoms with Gasteiger partial charge in [0, 0.05) is 0 Å². The molecule has 0 spiro atoms. The lowest BCUT2D eigenvalue weighted by Gasteiger charge is -2.13. The number of hydrogen-bond acceptors (Lipinski definition) is 1. The minimum absolute atomic E-state index is 0.485. The average Bonchev–Trinajstić information content (AvgIpc) is 2.38. The second kappa shape index (κ2) is 5.72. The van der Waals surface area contributed by atoms with Crippen molar-refractivity contribution in [1.29, 1.82) is 0 Å². The van der Waals surface area contributed by atoms with Gasteiger partial charge in [-0.25, -0.2) is 0 Å². The van der Waals surface area contributed by atoms with Crippen LogP contribution in [-0.2, 0) is 6.61 Å².